The van der Waals surface area contributed by atoms with Crippen LogP contribution in [0, 0.1) is 5.82 Å². The highest BCUT2D eigenvalue weighted by molar-refractivity contribution is 6.31. The third-order valence-corrected chi connectivity index (χ3v) is 5.25. The molecule has 0 aliphatic carbocycles. The molecule has 3 aromatic rings. The number of pyridine rings is 1. The Morgan fingerprint density at radius 1 is 1.37 bits per heavy atom. The van der Waals surface area contributed by atoms with Crippen LogP contribution in [0.5, 0.6) is 0 Å². The summed E-state index contributed by atoms with van der Waals surface area (Å²) in [5.41, 5.74) is 2.84. The van der Waals surface area contributed by atoms with E-state index in [0.717, 1.165) is 30.6 Å². The van der Waals surface area contributed by atoms with Crippen LogP contribution in [0.15, 0.2) is 42.7 Å². The van der Waals surface area contributed by atoms with Crippen molar-refractivity contribution < 1.29 is 13.9 Å². The second kappa shape index (κ2) is 7.19. The smallest absolute Gasteiger partial charge is 0.341 e. The normalized spacial score (nSPS) is 16.9. The molecule has 1 unspecified atom stereocenters. The van der Waals surface area contributed by atoms with Crippen molar-refractivity contribution in [1.82, 2.24) is 9.61 Å². The van der Waals surface area contributed by atoms with E-state index in [4.69, 9.17) is 16.3 Å². The third kappa shape index (κ3) is 3.25. The van der Waals surface area contributed by atoms with Gasteiger partial charge in [-0.2, -0.15) is 5.10 Å². The van der Waals surface area contributed by atoms with Crippen molar-refractivity contribution in [3.8, 4) is 0 Å². The molecule has 27 heavy (non-hydrogen) atoms. The molecule has 5 nitrogen and oxygen atoms in total. The van der Waals surface area contributed by atoms with Gasteiger partial charge in [0, 0.05) is 23.5 Å². The molecule has 1 aromatic carbocycles. The van der Waals surface area contributed by atoms with Gasteiger partial charge in [0.05, 0.1) is 24.4 Å². The van der Waals surface area contributed by atoms with Gasteiger partial charge in [0.25, 0.3) is 0 Å². The Morgan fingerprint density at radius 3 is 3.04 bits per heavy atom. The van der Waals surface area contributed by atoms with E-state index in [-0.39, 0.29) is 11.9 Å². The second-order valence-electron chi connectivity index (χ2n) is 6.51. The number of benzene rings is 1. The van der Waals surface area contributed by atoms with Crippen molar-refractivity contribution in [1.29, 1.82) is 0 Å². The molecule has 3 heterocycles. The van der Waals surface area contributed by atoms with Crippen LogP contribution in [0.25, 0.3) is 5.52 Å². The van der Waals surface area contributed by atoms with Crippen molar-refractivity contribution in [3.63, 3.8) is 0 Å². The summed E-state index contributed by atoms with van der Waals surface area (Å²) in [4.78, 5) is 14.4. The third-order valence-electron chi connectivity index (χ3n) is 4.90. The number of halogens is 2. The predicted molar refractivity (Wildman–Crippen MR) is 102 cm³/mol. The number of rotatable bonds is 4. The summed E-state index contributed by atoms with van der Waals surface area (Å²) in [5, 5.41) is 4.78. The molecule has 2 aromatic heterocycles. The quantitative estimate of drug-likeness (QED) is 0.611. The summed E-state index contributed by atoms with van der Waals surface area (Å²) in [6, 6.07) is 8.33. The van der Waals surface area contributed by atoms with Crippen LogP contribution in [0.1, 0.15) is 41.7 Å². The number of fused-ring (bicyclic) bond motifs is 1. The SMILES string of the molecule is CCOC(=O)c1cnn2ccc(N3CCCC3c3cc(F)ccc3Cl)cc12. The molecule has 0 amide bonds. The van der Waals surface area contributed by atoms with Gasteiger partial charge in [0.1, 0.15) is 11.4 Å². The first-order valence-electron chi connectivity index (χ1n) is 8.94. The number of anilines is 1. The zero-order valence-corrected chi connectivity index (χ0v) is 15.6. The van der Waals surface area contributed by atoms with Gasteiger partial charge in [-0.15, -0.1) is 0 Å². The fourth-order valence-corrected chi connectivity index (χ4v) is 3.93. The Bertz CT molecular complexity index is 1000. The van der Waals surface area contributed by atoms with Crippen LogP contribution in [-0.2, 0) is 4.74 Å². The van der Waals surface area contributed by atoms with E-state index in [1.54, 1.807) is 17.5 Å². The molecule has 1 fully saturated rings. The molecule has 1 aliphatic rings. The fraction of sp³-hybridized carbons (Fsp3) is 0.300. The van der Waals surface area contributed by atoms with Gasteiger partial charge < -0.3 is 9.64 Å². The maximum Gasteiger partial charge on any atom is 0.341 e. The van der Waals surface area contributed by atoms with E-state index in [0.29, 0.717) is 22.7 Å². The van der Waals surface area contributed by atoms with Gasteiger partial charge in [0.15, 0.2) is 0 Å². The summed E-state index contributed by atoms with van der Waals surface area (Å²) in [6.07, 6.45) is 5.20. The average Bonchev–Trinajstić information content (AvgIpc) is 3.30. The minimum Gasteiger partial charge on any atom is -0.462 e. The van der Waals surface area contributed by atoms with Gasteiger partial charge in [-0.05, 0) is 55.7 Å². The minimum atomic E-state index is -0.393. The Labute approximate surface area is 161 Å². The highest BCUT2D eigenvalue weighted by Crippen LogP contribution is 2.39. The summed E-state index contributed by atoms with van der Waals surface area (Å²) in [7, 11) is 0. The molecular formula is C20H19ClFN3O2. The lowest BCUT2D eigenvalue weighted by Crippen LogP contribution is -2.23. The van der Waals surface area contributed by atoms with Crippen molar-refractivity contribution in [2.45, 2.75) is 25.8 Å². The van der Waals surface area contributed by atoms with E-state index in [1.165, 1.54) is 18.3 Å². The van der Waals surface area contributed by atoms with Gasteiger partial charge in [-0.1, -0.05) is 11.6 Å². The fourth-order valence-electron chi connectivity index (χ4n) is 3.68. The van der Waals surface area contributed by atoms with E-state index in [2.05, 4.69) is 10.00 Å². The maximum absolute atomic E-state index is 13.8. The lowest BCUT2D eigenvalue weighted by atomic mass is 10.0. The van der Waals surface area contributed by atoms with Crippen LogP contribution < -0.4 is 4.90 Å². The molecule has 0 spiro atoms. The first kappa shape index (κ1) is 17.8. The summed E-state index contributed by atoms with van der Waals surface area (Å²) in [5.74, 6) is -0.687. The molecule has 1 atom stereocenters. The number of esters is 1. The zero-order chi connectivity index (χ0) is 19.0. The van der Waals surface area contributed by atoms with Gasteiger partial charge in [-0.25, -0.2) is 13.7 Å². The molecule has 140 valence electrons. The highest BCUT2D eigenvalue weighted by Gasteiger charge is 2.29. The monoisotopic (exact) mass is 387 g/mol. The van der Waals surface area contributed by atoms with E-state index in [1.807, 2.05) is 18.3 Å². The number of hydrogen-bond donors (Lipinski definition) is 0. The molecule has 0 N–H and O–H groups in total. The number of hydrogen-bond acceptors (Lipinski definition) is 4. The number of aromatic nitrogens is 2. The number of carbonyl (C=O) groups is 1. The van der Waals surface area contributed by atoms with E-state index < -0.39 is 5.97 Å². The maximum atomic E-state index is 13.8. The van der Waals surface area contributed by atoms with E-state index >= 15 is 0 Å². The molecule has 1 saturated heterocycles. The summed E-state index contributed by atoms with van der Waals surface area (Å²) < 4.78 is 20.5. The highest BCUT2D eigenvalue weighted by atomic mass is 35.5. The number of ether oxygens (including phenoxy) is 1. The molecule has 0 bridgehead atoms. The van der Waals surface area contributed by atoms with Crippen LogP contribution in [-0.4, -0.2) is 28.7 Å². The van der Waals surface area contributed by atoms with Crippen molar-refractivity contribution in [3.05, 3.63) is 64.7 Å². The largest absolute Gasteiger partial charge is 0.462 e. The zero-order valence-electron chi connectivity index (χ0n) is 14.9. The second-order valence-corrected chi connectivity index (χ2v) is 6.92. The summed E-state index contributed by atoms with van der Waals surface area (Å²) >= 11 is 6.34. The first-order chi connectivity index (χ1) is 13.1. The van der Waals surface area contributed by atoms with Crippen molar-refractivity contribution >= 4 is 28.8 Å². The standard InChI is InChI=1S/C20H19ClFN3O2/c1-2-27-20(26)16-12-23-25-9-7-14(11-19(16)25)24-8-3-4-18(24)15-10-13(22)5-6-17(15)21/h5-7,9-12,18H,2-4,8H2,1H3. The number of nitrogens with zero attached hydrogens (tertiary/aromatic N) is 3. The molecule has 1 aliphatic heterocycles. The van der Waals surface area contributed by atoms with Gasteiger partial charge >= 0.3 is 5.97 Å². The lowest BCUT2D eigenvalue weighted by Gasteiger charge is -2.28. The molecule has 7 heteroatoms. The Balaban J connectivity index is 1.73. The lowest BCUT2D eigenvalue weighted by molar-refractivity contribution is 0.0528. The van der Waals surface area contributed by atoms with Crippen molar-refractivity contribution in [2.75, 3.05) is 18.1 Å². The summed E-state index contributed by atoms with van der Waals surface area (Å²) in [6.45, 7) is 2.91. The van der Waals surface area contributed by atoms with Gasteiger partial charge in [-0.3, -0.25) is 0 Å². The van der Waals surface area contributed by atoms with Gasteiger partial charge in [0.2, 0.25) is 0 Å². The van der Waals surface area contributed by atoms with Crippen LogP contribution >= 0.6 is 11.6 Å². The predicted octanol–water partition coefficient (Wildman–Crippen LogP) is 4.65. The van der Waals surface area contributed by atoms with Crippen LogP contribution in [0.2, 0.25) is 5.02 Å². The topological polar surface area (TPSA) is 46.8 Å². The molecular weight excluding hydrogens is 369 g/mol. The Hall–Kier alpha value is -2.60. The molecule has 0 radical (unpaired) electrons. The van der Waals surface area contributed by atoms with Crippen LogP contribution in [0.4, 0.5) is 10.1 Å². The Kier molecular flexibility index (Phi) is 4.74. The van der Waals surface area contributed by atoms with E-state index in [9.17, 15) is 9.18 Å². The number of carbonyl (C=O) groups excluding carboxylic acids is 1. The van der Waals surface area contributed by atoms with Crippen molar-refractivity contribution in [2.24, 2.45) is 0 Å². The Morgan fingerprint density at radius 2 is 2.22 bits per heavy atom. The molecule has 4 rings (SSSR count). The minimum absolute atomic E-state index is 0.00962. The average molecular weight is 388 g/mol. The molecule has 0 saturated carbocycles. The van der Waals surface area contributed by atoms with Crippen LogP contribution in [0.3, 0.4) is 0 Å². The first-order valence-corrected chi connectivity index (χ1v) is 9.32.